The van der Waals surface area contributed by atoms with E-state index >= 15 is 0 Å². The summed E-state index contributed by atoms with van der Waals surface area (Å²) < 4.78 is 22.0. The van der Waals surface area contributed by atoms with E-state index in [4.69, 9.17) is 4.74 Å². The number of hydrogen-bond acceptors (Lipinski definition) is 4. The average molecular weight is 433 g/mol. The van der Waals surface area contributed by atoms with Crippen LogP contribution in [0.3, 0.4) is 0 Å². The number of ether oxygens (including phenoxy) is 1. The minimum absolute atomic E-state index is 0.00502. The Kier molecular flexibility index (Phi) is 5.43. The number of hydrogen-bond donors (Lipinski definition) is 1. The molecule has 5 atom stereocenters. The summed E-state index contributed by atoms with van der Waals surface area (Å²) in [5.74, 6) is 0. The largest absolute Gasteiger partial charge is 0.598 e. The van der Waals surface area contributed by atoms with Crippen LogP contribution in [0.5, 0.6) is 0 Å². The van der Waals surface area contributed by atoms with Gasteiger partial charge in [0.1, 0.15) is 10.3 Å². The number of rotatable bonds is 2. The molecule has 1 spiro atoms. The molecule has 6 heteroatoms. The zero-order chi connectivity index (χ0) is 21.9. The van der Waals surface area contributed by atoms with Gasteiger partial charge in [-0.05, 0) is 84.8 Å². The van der Waals surface area contributed by atoms with Gasteiger partial charge in [0.05, 0.1) is 6.04 Å². The Hall–Kier alpha value is -1.24. The number of amides is 1. The lowest BCUT2D eigenvalue weighted by molar-refractivity contribution is -0.0164. The number of fused-ring (bicyclic) bond motifs is 3. The van der Waals surface area contributed by atoms with Crippen molar-refractivity contribution in [1.29, 1.82) is 0 Å². The third-order valence-corrected chi connectivity index (χ3v) is 8.37. The second-order valence-electron chi connectivity index (χ2n) is 11.4. The highest BCUT2D eigenvalue weighted by molar-refractivity contribution is 7.90. The van der Waals surface area contributed by atoms with Gasteiger partial charge in [-0.3, -0.25) is 0 Å². The molecule has 2 fully saturated rings. The van der Waals surface area contributed by atoms with Crippen molar-refractivity contribution in [3.8, 4) is 0 Å². The SMILES string of the molecule is CC(C)(C)OC(=O)N1[C@@H]2CC[C@H]1CC1(Cc3ccccc3[C@H]1N[S+]([O-])C(C)(C)C)C2. The third kappa shape index (κ3) is 3.98. The summed E-state index contributed by atoms with van der Waals surface area (Å²) in [6.07, 6.45) is 4.71. The molecule has 1 N–H and O–H groups in total. The normalized spacial score (nSPS) is 31.7. The summed E-state index contributed by atoms with van der Waals surface area (Å²) in [6, 6.07) is 9.01. The molecule has 1 aromatic rings. The van der Waals surface area contributed by atoms with Crippen molar-refractivity contribution in [3.63, 3.8) is 0 Å². The van der Waals surface area contributed by atoms with Crippen LogP contribution in [0.1, 0.15) is 84.4 Å². The summed E-state index contributed by atoms with van der Waals surface area (Å²) in [6.45, 7) is 11.8. The van der Waals surface area contributed by atoms with Gasteiger partial charge in [-0.15, -0.1) is 4.72 Å². The lowest BCUT2D eigenvalue weighted by Crippen LogP contribution is -2.55. The molecule has 30 heavy (non-hydrogen) atoms. The summed E-state index contributed by atoms with van der Waals surface area (Å²) >= 11 is -1.15. The van der Waals surface area contributed by atoms with Crippen molar-refractivity contribution in [2.75, 3.05) is 0 Å². The van der Waals surface area contributed by atoms with Crippen LogP contribution in [-0.2, 0) is 22.5 Å². The molecule has 0 radical (unpaired) electrons. The number of piperidine rings is 1. The highest BCUT2D eigenvalue weighted by atomic mass is 32.2. The second-order valence-corrected chi connectivity index (χ2v) is 13.3. The maximum Gasteiger partial charge on any atom is 0.410 e. The van der Waals surface area contributed by atoms with Gasteiger partial charge < -0.3 is 14.2 Å². The van der Waals surface area contributed by atoms with Crippen molar-refractivity contribution in [2.24, 2.45) is 5.41 Å². The van der Waals surface area contributed by atoms with Crippen LogP contribution >= 0.6 is 0 Å². The summed E-state index contributed by atoms with van der Waals surface area (Å²) in [4.78, 5) is 14.9. The van der Waals surface area contributed by atoms with Crippen molar-refractivity contribution in [2.45, 2.75) is 102 Å². The number of nitrogens with one attached hydrogen (secondary N) is 1. The first-order valence-electron chi connectivity index (χ1n) is 11.2. The van der Waals surface area contributed by atoms with Crippen molar-refractivity contribution >= 4 is 17.5 Å². The van der Waals surface area contributed by atoms with E-state index in [1.54, 1.807) is 0 Å². The zero-order valence-electron chi connectivity index (χ0n) is 19.2. The summed E-state index contributed by atoms with van der Waals surface area (Å²) in [5, 5.41) is 0. The molecule has 1 aromatic carbocycles. The molecule has 2 aliphatic heterocycles. The van der Waals surface area contributed by atoms with Crippen molar-refractivity contribution < 1.29 is 14.1 Å². The second kappa shape index (κ2) is 7.42. The Bertz CT molecular complexity index is 799. The Labute approximate surface area is 184 Å². The fourth-order valence-electron chi connectivity index (χ4n) is 5.64. The zero-order valence-corrected chi connectivity index (χ0v) is 20.0. The van der Waals surface area contributed by atoms with E-state index in [1.807, 2.05) is 46.4 Å². The number of nitrogens with zero attached hydrogens (tertiary/aromatic N) is 1. The van der Waals surface area contributed by atoms with E-state index in [-0.39, 0.29) is 34.4 Å². The first-order chi connectivity index (χ1) is 13.9. The standard InChI is InChI=1S/C24H36N2O3S/c1-22(2,3)29-21(27)26-17-11-12-18(26)15-24(14-17)13-16-9-7-8-10-19(16)20(24)25-30(28)23(4,5)6/h7-10,17-18,20,25H,11-15H2,1-6H3/t17-,18+,20-,24?,30?/m1/s1. The predicted octanol–water partition coefficient (Wildman–Crippen LogP) is 4.88. The van der Waals surface area contributed by atoms with E-state index in [9.17, 15) is 9.35 Å². The molecule has 2 saturated heterocycles. The maximum absolute atomic E-state index is 13.1. The van der Waals surface area contributed by atoms with Crippen LogP contribution < -0.4 is 4.72 Å². The molecule has 1 aliphatic carbocycles. The molecule has 166 valence electrons. The molecule has 4 rings (SSSR count). The van der Waals surface area contributed by atoms with Crippen LogP contribution in [0, 0.1) is 5.41 Å². The Morgan fingerprint density at radius 1 is 1.13 bits per heavy atom. The first-order valence-corrected chi connectivity index (χ1v) is 12.3. The highest BCUT2D eigenvalue weighted by Crippen LogP contribution is 2.58. The van der Waals surface area contributed by atoms with Crippen molar-refractivity contribution in [3.05, 3.63) is 35.4 Å². The topological polar surface area (TPSA) is 64.6 Å². The van der Waals surface area contributed by atoms with Gasteiger partial charge in [0.25, 0.3) is 0 Å². The quantitative estimate of drug-likeness (QED) is 0.676. The fourth-order valence-corrected chi connectivity index (χ4v) is 6.58. The van der Waals surface area contributed by atoms with Crippen molar-refractivity contribution in [1.82, 2.24) is 9.62 Å². The molecular formula is C24H36N2O3S. The van der Waals surface area contributed by atoms with E-state index in [0.29, 0.717) is 0 Å². The van der Waals surface area contributed by atoms with E-state index < -0.39 is 17.0 Å². The molecule has 3 aliphatic rings. The average Bonchev–Trinajstić information content (AvgIpc) is 3.05. The van der Waals surface area contributed by atoms with Crippen LogP contribution in [0.2, 0.25) is 0 Å². The molecular weight excluding hydrogens is 396 g/mol. The highest BCUT2D eigenvalue weighted by Gasteiger charge is 2.58. The third-order valence-electron chi connectivity index (χ3n) is 6.81. The monoisotopic (exact) mass is 432 g/mol. The van der Waals surface area contributed by atoms with Crippen LogP contribution in [0.4, 0.5) is 4.79 Å². The van der Waals surface area contributed by atoms with Gasteiger partial charge in [0.15, 0.2) is 0 Å². The van der Waals surface area contributed by atoms with Crippen LogP contribution in [0.25, 0.3) is 0 Å². The number of carbonyl (C=O) groups is 1. The molecule has 2 bridgehead atoms. The van der Waals surface area contributed by atoms with Gasteiger partial charge in [-0.1, -0.05) is 24.3 Å². The minimum atomic E-state index is -1.15. The van der Waals surface area contributed by atoms with E-state index in [0.717, 1.165) is 32.1 Å². The van der Waals surface area contributed by atoms with Crippen LogP contribution in [0.15, 0.2) is 24.3 Å². The molecule has 1 amide bonds. The van der Waals surface area contributed by atoms with Gasteiger partial charge >= 0.3 is 6.09 Å². The number of carbonyl (C=O) groups excluding carboxylic acids is 1. The predicted molar refractivity (Wildman–Crippen MR) is 120 cm³/mol. The summed E-state index contributed by atoms with van der Waals surface area (Å²) in [5.41, 5.74) is 2.14. The Balaban J connectivity index is 1.62. The summed E-state index contributed by atoms with van der Waals surface area (Å²) in [7, 11) is 0. The fraction of sp³-hybridized carbons (Fsp3) is 0.708. The van der Waals surface area contributed by atoms with Gasteiger partial charge in [0, 0.05) is 28.9 Å². The minimum Gasteiger partial charge on any atom is -0.598 e. The molecule has 0 saturated carbocycles. The lowest BCUT2D eigenvalue weighted by atomic mass is 9.70. The van der Waals surface area contributed by atoms with Gasteiger partial charge in [0.2, 0.25) is 0 Å². The molecule has 0 aromatic heterocycles. The molecule has 2 unspecified atom stereocenters. The van der Waals surface area contributed by atoms with E-state index in [1.165, 1.54) is 11.1 Å². The molecule has 5 nitrogen and oxygen atoms in total. The number of benzene rings is 1. The van der Waals surface area contributed by atoms with Crippen LogP contribution in [-0.4, -0.2) is 38.0 Å². The van der Waals surface area contributed by atoms with Gasteiger partial charge in [-0.25, -0.2) is 4.79 Å². The Morgan fingerprint density at radius 3 is 2.30 bits per heavy atom. The maximum atomic E-state index is 13.1. The molecule has 2 heterocycles. The smallest absolute Gasteiger partial charge is 0.410 e. The van der Waals surface area contributed by atoms with E-state index in [2.05, 4.69) is 29.0 Å². The van der Waals surface area contributed by atoms with Gasteiger partial charge in [-0.2, -0.15) is 0 Å². The Morgan fingerprint density at radius 2 is 1.73 bits per heavy atom. The lowest BCUT2D eigenvalue weighted by Gasteiger charge is -2.48. The first kappa shape index (κ1) is 22.0.